The van der Waals surface area contributed by atoms with Crippen LogP contribution in [-0.4, -0.2) is 59.5 Å². The number of carbonyl (C=O) groups is 1. The molecule has 1 fully saturated rings. The molecule has 0 atom stereocenters. The molecule has 3 aromatic heterocycles. The van der Waals surface area contributed by atoms with Gasteiger partial charge in [0, 0.05) is 43.4 Å². The van der Waals surface area contributed by atoms with Gasteiger partial charge < -0.3 is 4.90 Å². The quantitative estimate of drug-likeness (QED) is 0.561. The van der Waals surface area contributed by atoms with Crippen LogP contribution >= 0.6 is 0 Å². The van der Waals surface area contributed by atoms with Crippen molar-refractivity contribution in [2.24, 2.45) is 0 Å². The topological polar surface area (TPSA) is 92.6 Å². The van der Waals surface area contributed by atoms with E-state index in [1.807, 2.05) is 35.0 Å². The van der Waals surface area contributed by atoms with Crippen LogP contribution in [-0.2, 0) is 0 Å². The first kappa shape index (κ1) is 18.3. The molecule has 5 rings (SSSR count). The number of nitrogens with one attached hydrogen (secondary N) is 1. The predicted octanol–water partition coefficient (Wildman–Crippen LogP) is 3.08. The van der Waals surface area contributed by atoms with E-state index in [1.54, 1.807) is 6.07 Å². The van der Waals surface area contributed by atoms with E-state index in [4.69, 9.17) is 0 Å². The minimum absolute atomic E-state index is 0.0149. The minimum atomic E-state index is -2.70. The van der Waals surface area contributed by atoms with Crippen molar-refractivity contribution < 1.29 is 13.6 Å². The van der Waals surface area contributed by atoms with Crippen molar-refractivity contribution in [2.75, 3.05) is 13.1 Å². The van der Waals surface area contributed by atoms with E-state index in [-0.39, 0.29) is 37.5 Å². The Kier molecular flexibility index (Phi) is 4.27. The lowest BCUT2D eigenvalue weighted by Crippen LogP contribution is -2.43. The number of rotatable bonds is 3. The van der Waals surface area contributed by atoms with Crippen LogP contribution in [0.3, 0.4) is 0 Å². The van der Waals surface area contributed by atoms with Gasteiger partial charge in [-0.3, -0.25) is 14.5 Å². The number of carbonyl (C=O) groups excluding carboxylic acids is 1. The van der Waals surface area contributed by atoms with Crippen molar-refractivity contribution in [1.29, 1.82) is 0 Å². The normalized spacial score (nSPS) is 16.1. The molecule has 1 aromatic carbocycles. The van der Waals surface area contributed by atoms with E-state index in [1.165, 1.54) is 17.4 Å². The zero-order valence-electron chi connectivity index (χ0n) is 15.8. The van der Waals surface area contributed by atoms with Gasteiger partial charge in [0.1, 0.15) is 17.5 Å². The largest absolute Gasteiger partial charge is 0.337 e. The van der Waals surface area contributed by atoms with Gasteiger partial charge in [0.25, 0.3) is 11.8 Å². The lowest BCUT2D eigenvalue weighted by Gasteiger charge is -2.31. The monoisotopic (exact) mass is 409 g/mol. The van der Waals surface area contributed by atoms with Gasteiger partial charge in [-0.25, -0.2) is 23.7 Å². The Morgan fingerprint density at radius 3 is 2.73 bits per heavy atom. The molecule has 1 N–H and O–H groups in total. The molecule has 10 heteroatoms. The first-order valence-electron chi connectivity index (χ1n) is 9.48. The van der Waals surface area contributed by atoms with Crippen LogP contribution in [0.4, 0.5) is 8.78 Å². The molecular formula is C20H17F2N7O. The summed E-state index contributed by atoms with van der Waals surface area (Å²) in [6, 6.07) is 9.45. The average molecular weight is 409 g/mol. The lowest BCUT2D eigenvalue weighted by atomic mass is 10.1. The summed E-state index contributed by atoms with van der Waals surface area (Å²) in [6.45, 7) is 0.0297. The zero-order valence-corrected chi connectivity index (χ0v) is 15.8. The average Bonchev–Trinajstić information content (AvgIpc) is 3.43. The van der Waals surface area contributed by atoms with Crippen molar-refractivity contribution >= 4 is 17.1 Å². The second-order valence-electron chi connectivity index (χ2n) is 7.18. The Bertz CT molecular complexity index is 1210. The summed E-state index contributed by atoms with van der Waals surface area (Å²) in [6.07, 6.45) is 4.01. The number of amides is 1. The molecule has 0 aliphatic carbocycles. The van der Waals surface area contributed by atoms with Gasteiger partial charge in [0.2, 0.25) is 0 Å². The van der Waals surface area contributed by atoms with Crippen LogP contribution in [0, 0.1) is 0 Å². The number of H-pyrrole nitrogens is 1. The molecule has 4 heterocycles. The van der Waals surface area contributed by atoms with E-state index in [9.17, 15) is 13.6 Å². The number of nitrogens with zero attached hydrogens (tertiary/aromatic N) is 6. The molecule has 0 spiro atoms. The van der Waals surface area contributed by atoms with E-state index < -0.39 is 5.92 Å². The maximum atomic E-state index is 13.4. The number of likely N-dealkylation sites (tertiary alicyclic amines) is 1. The van der Waals surface area contributed by atoms with E-state index in [2.05, 4.69) is 25.1 Å². The Morgan fingerprint density at radius 2 is 1.97 bits per heavy atom. The Hall–Kier alpha value is -3.69. The molecule has 0 unspecified atom stereocenters. The van der Waals surface area contributed by atoms with Crippen molar-refractivity contribution in [3.05, 3.63) is 54.7 Å². The van der Waals surface area contributed by atoms with Crippen LogP contribution in [0.5, 0.6) is 0 Å². The Morgan fingerprint density at radius 1 is 1.13 bits per heavy atom. The molecule has 1 saturated heterocycles. The van der Waals surface area contributed by atoms with Crippen LogP contribution in [0.15, 0.2) is 49.1 Å². The summed E-state index contributed by atoms with van der Waals surface area (Å²) < 4.78 is 28.6. The highest BCUT2D eigenvalue weighted by molar-refractivity contribution is 5.93. The first-order valence-corrected chi connectivity index (χ1v) is 9.48. The van der Waals surface area contributed by atoms with Crippen molar-refractivity contribution in [1.82, 2.24) is 34.6 Å². The third-order valence-corrected chi connectivity index (χ3v) is 5.20. The molecule has 8 nitrogen and oxygen atoms in total. The molecule has 1 aliphatic heterocycles. The summed E-state index contributed by atoms with van der Waals surface area (Å²) in [5.74, 6) is -2.43. The fourth-order valence-corrected chi connectivity index (χ4v) is 3.57. The van der Waals surface area contributed by atoms with Gasteiger partial charge in [-0.2, -0.15) is 5.10 Å². The number of alkyl halides is 2. The van der Waals surface area contributed by atoms with Crippen molar-refractivity contribution in [3.63, 3.8) is 0 Å². The third-order valence-electron chi connectivity index (χ3n) is 5.20. The minimum Gasteiger partial charge on any atom is -0.337 e. The molecule has 30 heavy (non-hydrogen) atoms. The van der Waals surface area contributed by atoms with Crippen LogP contribution in [0.25, 0.3) is 28.2 Å². The number of aromatic amines is 1. The number of aromatic nitrogens is 6. The predicted molar refractivity (Wildman–Crippen MR) is 104 cm³/mol. The van der Waals surface area contributed by atoms with Gasteiger partial charge in [-0.15, -0.1) is 0 Å². The Balaban J connectivity index is 1.44. The third kappa shape index (κ3) is 3.30. The number of hydrogen-bond donors (Lipinski definition) is 1. The number of halogens is 2. The fraction of sp³-hybridized carbons (Fsp3) is 0.250. The highest BCUT2D eigenvalue weighted by Crippen LogP contribution is 2.28. The molecule has 4 aromatic rings. The second-order valence-corrected chi connectivity index (χ2v) is 7.18. The molecule has 0 radical (unpaired) electrons. The Labute approximate surface area is 169 Å². The molecule has 1 aliphatic rings. The van der Waals surface area contributed by atoms with E-state index in [0.717, 1.165) is 11.3 Å². The summed E-state index contributed by atoms with van der Waals surface area (Å²) in [7, 11) is 0. The summed E-state index contributed by atoms with van der Waals surface area (Å²) in [4.78, 5) is 27.1. The van der Waals surface area contributed by atoms with E-state index >= 15 is 0 Å². The standard InChI is InChI=1S/C20H17F2N7O/c21-20(22)5-8-28(9-6-20)19(30)16-11-23-18-15(26-16)4-7-29(18)14-3-1-2-13(10-14)17-24-12-25-27-17/h1-4,7,10-12H,5-6,8-9H2,(H,24,25,27). The van der Waals surface area contributed by atoms with Gasteiger partial charge >= 0.3 is 0 Å². The van der Waals surface area contributed by atoms with E-state index in [0.29, 0.717) is 17.0 Å². The maximum absolute atomic E-state index is 13.4. The second kappa shape index (κ2) is 6.97. The number of fused-ring (bicyclic) bond motifs is 1. The fourth-order valence-electron chi connectivity index (χ4n) is 3.57. The summed E-state index contributed by atoms with van der Waals surface area (Å²) in [5, 5.41) is 6.70. The number of piperidine rings is 1. The van der Waals surface area contributed by atoms with Crippen molar-refractivity contribution in [3.8, 4) is 17.1 Å². The highest BCUT2D eigenvalue weighted by atomic mass is 19.3. The highest BCUT2D eigenvalue weighted by Gasteiger charge is 2.36. The molecule has 0 bridgehead atoms. The summed E-state index contributed by atoms with van der Waals surface area (Å²) in [5.41, 5.74) is 3.01. The lowest BCUT2D eigenvalue weighted by molar-refractivity contribution is -0.0495. The smallest absolute Gasteiger partial charge is 0.274 e. The maximum Gasteiger partial charge on any atom is 0.274 e. The van der Waals surface area contributed by atoms with Crippen LogP contribution in [0.1, 0.15) is 23.3 Å². The SMILES string of the molecule is O=C(c1cnc2c(ccn2-c2cccc(-c3ncn[nH]3)c2)n1)N1CCC(F)(F)CC1. The molecule has 152 valence electrons. The molecular weight excluding hydrogens is 392 g/mol. The number of hydrogen-bond acceptors (Lipinski definition) is 5. The molecule has 0 saturated carbocycles. The molecule has 1 amide bonds. The van der Waals surface area contributed by atoms with Crippen LogP contribution < -0.4 is 0 Å². The van der Waals surface area contributed by atoms with Gasteiger partial charge in [-0.1, -0.05) is 12.1 Å². The van der Waals surface area contributed by atoms with Crippen LogP contribution in [0.2, 0.25) is 0 Å². The number of benzene rings is 1. The van der Waals surface area contributed by atoms with Gasteiger partial charge in [0.15, 0.2) is 11.5 Å². The van der Waals surface area contributed by atoms with Gasteiger partial charge in [0.05, 0.1) is 6.20 Å². The van der Waals surface area contributed by atoms with Gasteiger partial charge in [-0.05, 0) is 18.2 Å². The zero-order chi connectivity index (χ0) is 20.7. The van der Waals surface area contributed by atoms with Crippen molar-refractivity contribution in [2.45, 2.75) is 18.8 Å². The summed E-state index contributed by atoms with van der Waals surface area (Å²) >= 11 is 0. The first-order chi connectivity index (χ1) is 14.5.